The molecule has 1 amide bonds. The van der Waals surface area contributed by atoms with Gasteiger partial charge in [-0.2, -0.15) is 0 Å². The Balaban J connectivity index is 1.17. The molecule has 2 aromatic carbocycles. The minimum atomic E-state index is -0.506. The maximum absolute atomic E-state index is 12.5. The zero-order valence-corrected chi connectivity index (χ0v) is 17.1. The van der Waals surface area contributed by atoms with Crippen LogP contribution in [0.15, 0.2) is 36.4 Å². The Morgan fingerprint density at radius 1 is 0.967 bits per heavy atom. The summed E-state index contributed by atoms with van der Waals surface area (Å²) in [6.07, 6.45) is 5.29. The molecule has 0 bridgehead atoms. The summed E-state index contributed by atoms with van der Waals surface area (Å²) in [5, 5.41) is 2.96. The number of likely N-dealkylation sites (N-methyl/N-ethyl adjacent to an activating group) is 1. The molecule has 0 saturated heterocycles. The van der Waals surface area contributed by atoms with Gasteiger partial charge in [0.1, 0.15) is 0 Å². The molecule has 2 aromatic rings. The Hall–Kier alpha value is -2.93. The Morgan fingerprint density at radius 3 is 2.60 bits per heavy atom. The third-order valence-electron chi connectivity index (χ3n) is 5.74. The van der Waals surface area contributed by atoms with Gasteiger partial charge in [0.05, 0.1) is 6.54 Å². The molecular formula is C23H26N2O5. The van der Waals surface area contributed by atoms with E-state index in [1.807, 2.05) is 48.3 Å². The van der Waals surface area contributed by atoms with Crippen molar-refractivity contribution < 1.29 is 23.7 Å². The lowest BCUT2D eigenvalue weighted by atomic mass is 9.94. The molecule has 1 saturated carbocycles. The van der Waals surface area contributed by atoms with E-state index in [2.05, 4.69) is 5.32 Å². The van der Waals surface area contributed by atoms with Gasteiger partial charge in [-0.25, -0.2) is 0 Å². The van der Waals surface area contributed by atoms with E-state index in [-0.39, 0.29) is 19.2 Å². The van der Waals surface area contributed by atoms with Crippen LogP contribution in [0.1, 0.15) is 37.7 Å². The van der Waals surface area contributed by atoms with Crippen LogP contribution in [0, 0.1) is 0 Å². The standard InChI is InChI=1S/C23H26N2O5/c1-25(13-16-5-7-18-20(11-16)28-15-27-18)14-22(26)24-17-6-8-19-21(12-17)30-23(29-19)9-3-2-4-10-23/h5-8,11-12H,2-4,9-10,13-15H2,1H3,(H,24,26). The largest absolute Gasteiger partial charge is 0.454 e. The molecule has 1 fully saturated rings. The molecule has 7 heteroatoms. The molecule has 0 radical (unpaired) electrons. The highest BCUT2D eigenvalue weighted by atomic mass is 16.7. The first-order valence-corrected chi connectivity index (χ1v) is 10.5. The Labute approximate surface area is 175 Å². The van der Waals surface area contributed by atoms with Gasteiger partial charge in [0.15, 0.2) is 23.0 Å². The monoisotopic (exact) mass is 410 g/mol. The molecule has 0 unspecified atom stereocenters. The van der Waals surface area contributed by atoms with E-state index < -0.39 is 5.79 Å². The lowest BCUT2D eigenvalue weighted by Gasteiger charge is -2.31. The lowest BCUT2D eigenvalue weighted by molar-refractivity contribution is -0.117. The van der Waals surface area contributed by atoms with Gasteiger partial charge in [0, 0.05) is 31.1 Å². The third kappa shape index (κ3) is 3.89. The number of hydrogen-bond donors (Lipinski definition) is 1. The van der Waals surface area contributed by atoms with Crippen molar-refractivity contribution in [2.24, 2.45) is 0 Å². The van der Waals surface area contributed by atoms with Crippen molar-refractivity contribution in [3.8, 4) is 23.0 Å². The number of nitrogens with one attached hydrogen (secondary N) is 1. The van der Waals surface area contributed by atoms with Crippen LogP contribution in [0.2, 0.25) is 0 Å². The number of ether oxygens (including phenoxy) is 4. The highest BCUT2D eigenvalue weighted by Gasteiger charge is 2.42. The van der Waals surface area contributed by atoms with Crippen LogP contribution in [0.4, 0.5) is 5.69 Å². The van der Waals surface area contributed by atoms with Gasteiger partial charge >= 0.3 is 0 Å². The molecular weight excluding hydrogens is 384 g/mol. The van der Waals surface area contributed by atoms with Crippen molar-refractivity contribution in [2.75, 3.05) is 25.7 Å². The summed E-state index contributed by atoms with van der Waals surface area (Å²) in [5.74, 6) is 2.40. The zero-order chi connectivity index (χ0) is 20.6. The lowest BCUT2D eigenvalue weighted by Crippen LogP contribution is -2.40. The van der Waals surface area contributed by atoms with E-state index in [1.165, 1.54) is 6.42 Å². The van der Waals surface area contributed by atoms with Crippen LogP contribution in [0.25, 0.3) is 0 Å². The SMILES string of the molecule is CN(CC(=O)Nc1ccc2c(c1)OC1(CCCCC1)O2)Cc1ccc2c(c1)OCO2. The van der Waals surface area contributed by atoms with E-state index in [1.54, 1.807) is 0 Å². The van der Waals surface area contributed by atoms with E-state index >= 15 is 0 Å². The average Bonchev–Trinajstić information content (AvgIpc) is 3.31. The molecule has 1 spiro atoms. The third-order valence-corrected chi connectivity index (χ3v) is 5.74. The highest BCUT2D eigenvalue weighted by Crippen LogP contribution is 2.46. The predicted molar refractivity (Wildman–Crippen MR) is 111 cm³/mol. The second-order valence-electron chi connectivity index (χ2n) is 8.25. The topological polar surface area (TPSA) is 69.3 Å². The van der Waals surface area contributed by atoms with Gasteiger partial charge in [0.2, 0.25) is 12.7 Å². The van der Waals surface area contributed by atoms with Crippen LogP contribution in [0.5, 0.6) is 23.0 Å². The fraction of sp³-hybridized carbons (Fsp3) is 0.435. The molecule has 7 nitrogen and oxygen atoms in total. The summed E-state index contributed by atoms with van der Waals surface area (Å²) in [6, 6.07) is 11.4. The van der Waals surface area contributed by atoms with E-state index in [9.17, 15) is 4.79 Å². The Kier molecular flexibility index (Phi) is 4.90. The molecule has 5 rings (SSSR count). The van der Waals surface area contributed by atoms with Crippen molar-refractivity contribution in [1.82, 2.24) is 4.90 Å². The molecule has 1 aliphatic carbocycles. The summed E-state index contributed by atoms with van der Waals surface area (Å²) in [6.45, 7) is 1.16. The quantitative estimate of drug-likeness (QED) is 0.806. The molecule has 158 valence electrons. The van der Waals surface area contributed by atoms with Gasteiger partial charge in [-0.05, 0) is 49.7 Å². The number of nitrogens with zero attached hydrogens (tertiary/aromatic N) is 1. The summed E-state index contributed by atoms with van der Waals surface area (Å²) in [5.41, 5.74) is 1.78. The number of amides is 1. The number of hydrogen-bond acceptors (Lipinski definition) is 6. The first-order valence-electron chi connectivity index (χ1n) is 10.5. The normalized spacial score (nSPS) is 18.1. The van der Waals surface area contributed by atoms with Gasteiger partial charge in [0.25, 0.3) is 5.79 Å². The maximum atomic E-state index is 12.5. The number of rotatable bonds is 5. The molecule has 3 aliphatic rings. The van der Waals surface area contributed by atoms with Crippen molar-refractivity contribution in [1.29, 1.82) is 0 Å². The van der Waals surface area contributed by atoms with E-state index in [0.717, 1.165) is 48.5 Å². The van der Waals surface area contributed by atoms with Gasteiger partial charge in [-0.3, -0.25) is 9.69 Å². The zero-order valence-electron chi connectivity index (χ0n) is 17.1. The average molecular weight is 410 g/mol. The van der Waals surface area contributed by atoms with E-state index in [0.29, 0.717) is 18.0 Å². The molecule has 30 heavy (non-hydrogen) atoms. The molecule has 1 N–H and O–H groups in total. The second-order valence-corrected chi connectivity index (χ2v) is 8.25. The summed E-state index contributed by atoms with van der Waals surface area (Å²) in [7, 11) is 1.91. The number of carbonyl (C=O) groups excluding carboxylic acids is 1. The van der Waals surface area contributed by atoms with Crippen molar-refractivity contribution in [2.45, 2.75) is 44.4 Å². The fourth-order valence-corrected chi connectivity index (χ4v) is 4.32. The molecule has 2 aliphatic heterocycles. The van der Waals surface area contributed by atoms with Crippen LogP contribution >= 0.6 is 0 Å². The number of benzene rings is 2. The molecule has 0 atom stereocenters. The Bertz CT molecular complexity index is 955. The number of anilines is 1. The van der Waals surface area contributed by atoms with Crippen molar-refractivity contribution in [3.63, 3.8) is 0 Å². The smallest absolute Gasteiger partial charge is 0.251 e. The van der Waals surface area contributed by atoms with Gasteiger partial charge in [-0.15, -0.1) is 0 Å². The minimum absolute atomic E-state index is 0.0792. The summed E-state index contributed by atoms with van der Waals surface area (Å²) >= 11 is 0. The first-order chi connectivity index (χ1) is 14.6. The van der Waals surface area contributed by atoms with Crippen LogP contribution in [-0.2, 0) is 11.3 Å². The van der Waals surface area contributed by atoms with Crippen LogP contribution < -0.4 is 24.3 Å². The highest BCUT2D eigenvalue weighted by molar-refractivity contribution is 5.92. The Morgan fingerprint density at radius 2 is 1.73 bits per heavy atom. The molecule has 2 heterocycles. The summed E-state index contributed by atoms with van der Waals surface area (Å²) in [4.78, 5) is 14.5. The maximum Gasteiger partial charge on any atom is 0.251 e. The second kappa shape index (κ2) is 7.72. The van der Waals surface area contributed by atoms with Crippen LogP contribution in [0.3, 0.4) is 0 Å². The van der Waals surface area contributed by atoms with Crippen molar-refractivity contribution >= 4 is 11.6 Å². The number of fused-ring (bicyclic) bond motifs is 2. The predicted octanol–water partition coefficient (Wildman–Crippen LogP) is 3.92. The number of carbonyl (C=O) groups is 1. The van der Waals surface area contributed by atoms with Crippen LogP contribution in [-0.4, -0.2) is 37.0 Å². The van der Waals surface area contributed by atoms with Gasteiger partial charge in [-0.1, -0.05) is 12.5 Å². The van der Waals surface area contributed by atoms with E-state index in [4.69, 9.17) is 18.9 Å². The van der Waals surface area contributed by atoms with Gasteiger partial charge < -0.3 is 24.3 Å². The molecule has 0 aromatic heterocycles. The minimum Gasteiger partial charge on any atom is -0.454 e. The fourth-order valence-electron chi connectivity index (χ4n) is 4.32. The van der Waals surface area contributed by atoms with Crippen molar-refractivity contribution in [3.05, 3.63) is 42.0 Å². The summed E-state index contributed by atoms with van der Waals surface area (Å²) < 4.78 is 23.0. The first kappa shape index (κ1) is 19.1.